The number of likely N-dealkylation sites (tertiary alicyclic amines) is 1. The first-order valence-corrected chi connectivity index (χ1v) is 7.40. The lowest BCUT2D eigenvalue weighted by Crippen LogP contribution is -2.44. The average molecular weight is 302 g/mol. The molecule has 0 aliphatic carbocycles. The van der Waals surface area contributed by atoms with E-state index in [9.17, 15) is 13.6 Å². The summed E-state index contributed by atoms with van der Waals surface area (Å²) in [7, 11) is 0. The summed E-state index contributed by atoms with van der Waals surface area (Å²) >= 11 is 5.77. The zero-order valence-electron chi connectivity index (χ0n) is 11.5. The van der Waals surface area contributed by atoms with Gasteiger partial charge >= 0.3 is 0 Å². The standard InChI is InChI=1S/C15H18ClF2NO/c1-10-8-12(14(18)9-13(10)17)15(20)19-7-3-2-4-11(19)5-6-16/h8-9,11H,2-7H2,1H3. The second-order valence-corrected chi connectivity index (χ2v) is 5.59. The van der Waals surface area contributed by atoms with E-state index in [0.717, 1.165) is 25.3 Å². The minimum atomic E-state index is -0.798. The molecule has 0 bridgehead atoms. The maximum absolute atomic E-state index is 13.8. The zero-order valence-corrected chi connectivity index (χ0v) is 12.2. The fourth-order valence-electron chi connectivity index (χ4n) is 2.67. The van der Waals surface area contributed by atoms with Crippen molar-refractivity contribution in [3.8, 4) is 0 Å². The van der Waals surface area contributed by atoms with E-state index in [-0.39, 0.29) is 23.1 Å². The van der Waals surface area contributed by atoms with Gasteiger partial charge in [-0.3, -0.25) is 4.79 Å². The third-order valence-electron chi connectivity index (χ3n) is 3.81. The Morgan fingerprint density at radius 1 is 1.35 bits per heavy atom. The van der Waals surface area contributed by atoms with Crippen LogP contribution in [0.3, 0.4) is 0 Å². The molecule has 1 atom stereocenters. The van der Waals surface area contributed by atoms with E-state index in [4.69, 9.17) is 11.6 Å². The fraction of sp³-hybridized carbons (Fsp3) is 0.533. The highest BCUT2D eigenvalue weighted by Gasteiger charge is 2.28. The SMILES string of the molecule is Cc1cc(C(=O)N2CCCCC2CCCl)c(F)cc1F. The highest BCUT2D eigenvalue weighted by atomic mass is 35.5. The van der Waals surface area contributed by atoms with E-state index in [1.807, 2.05) is 0 Å². The summed E-state index contributed by atoms with van der Waals surface area (Å²) in [6.45, 7) is 2.13. The maximum Gasteiger partial charge on any atom is 0.257 e. The largest absolute Gasteiger partial charge is 0.336 e. The Morgan fingerprint density at radius 2 is 2.10 bits per heavy atom. The molecule has 0 N–H and O–H groups in total. The monoisotopic (exact) mass is 301 g/mol. The van der Waals surface area contributed by atoms with Gasteiger partial charge in [0.25, 0.3) is 5.91 Å². The predicted molar refractivity (Wildman–Crippen MR) is 75.1 cm³/mol. The van der Waals surface area contributed by atoms with Gasteiger partial charge in [0.1, 0.15) is 11.6 Å². The lowest BCUT2D eigenvalue weighted by Gasteiger charge is -2.35. The smallest absolute Gasteiger partial charge is 0.257 e. The molecule has 1 saturated heterocycles. The molecule has 1 heterocycles. The van der Waals surface area contributed by atoms with Crippen molar-refractivity contribution in [1.29, 1.82) is 0 Å². The van der Waals surface area contributed by atoms with Crippen LogP contribution in [0.25, 0.3) is 0 Å². The number of nitrogens with zero attached hydrogens (tertiary/aromatic N) is 1. The van der Waals surface area contributed by atoms with Crippen molar-refractivity contribution in [2.24, 2.45) is 0 Å². The van der Waals surface area contributed by atoms with Crippen LogP contribution in [0.1, 0.15) is 41.6 Å². The molecule has 0 saturated carbocycles. The molecular weight excluding hydrogens is 284 g/mol. The third-order valence-corrected chi connectivity index (χ3v) is 4.03. The highest BCUT2D eigenvalue weighted by molar-refractivity contribution is 6.17. The zero-order chi connectivity index (χ0) is 14.7. The molecule has 2 nitrogen and oxygen atoms in total. The summed E-state index contributed by atoms with van der Waals surface area (Å²) in [4.78, 5) is 14.2. The first kappa shape index (κ1) is 15.2. The topological polar surface area (TPSA) is 20.3 Å². The molecule has 1 aromatic carbocycles. The Labute approximate surface area is 122 Å². The number of aryl methyl sites for hydroxylation is 1. The third kappa shape index (κ3) is 3.11. The quantitative estimate of drug-likeness (QED) is 0.776. The highest BCUT2D eigenvalue weighted by Crippen LogP contribution is 2.24. The number of carbonyl (C=O) groups excluding carboxylic acids is 1. The van der Waals surface area contributed by atoms with E-state index in [1.54, 1.807) is 4.90 Å². The van der Waals surface area contributed by atoms with Gasteiger partial charge in [0.15, 0.2) is 0 Å². The number of halogens is 3. The first-order chi connectivity index (χ1) is 9.54. The molecule has 1 unspecified atom stereocenters. The van der Waals surface area contributed by atoms with Crippen molar-refractivity contribution in [3.05, 3.63) is 34.9 Å². The molecule has 20 heavy (non-hydrogen) atoms. The minimum absolute atomic E-state index is 0.0506. The first-order valence-electron chi connectivity index (χ1n) is 6.87. The molecule has 1 aliphatic rings. The summed E-state index contributed by atoms with van der Waals surface area (Å²) in [5.74, 6) is -1.32. The van der Waals surface area contributed by atoms with Crippen molar-refractivity contribution in [2.75, 3.05) is 12.4 Å². The number of alkyl halides is 1. The molecule has 2 rings (SSSR count). The molecule has 1 amide bonds. The number of carbonyl (C=O) groups is 1. The molecule has 110 valence electrons. The van der Waals surface area contributed by atoms with Crippen molar-refractivity contribution in [3.63, 3.8) is 0 Å². The molecule has 1 fully saturated rings. The maximum atomic E-state index is 13.8. The molecule has 0 spiro atoms. The van der Waals surface area contributed by atoms with Crippen molar-refractivity contribution < 1.29 is 13.6 Å². The number of hydrogen-bond donors (Lipinski definition) is 0. The van der Waals surface area contributed by atoms with Crippen LogP contribution in [0, 0.1) is 18.6 Å². The predicted octanol–water partition coefficient (Wildman–Crippen LogP) is 3.90. The number of piperidine rings is 1. The lowest BCUT2D eigenvalue weighted by molar-refractivity contribution is 0.0604. The van der Waals surface area contributed by atoms with Crippen LogP contribution in [0.2, 0.25) is 0 Å². The van der Waals surface area contributed by atoms with Crippen LogP contribution in [0.4, 0.5) is 8.78 Å². The summed E-state index contributed by atoms with van der Waals surface area (Å²) in [6, 6.07) is 2.13. The normalized spacial score (nSPS) is 19.2. The van der Waals surface area contributed by atoms with Gasteiger partial charge in [0.05, 0.1) is 5.56 Å². The summed E-state index contributed by atoms with van der Waals surface area (Å²) in [6.07, 6.45) is 3.55. The van der Waals surface area contributed by atoms with Crippen LogP contribution in [-0.2, 0) is 0 Å². The van der Waals surface area contributed by atoms with Crippen LogP contribution in [0.5, 0.6) is 0 Å². The van der Waals surface area contributed by atoms with Crippen LogP contribution in [-0.4, -0.2) is 29.3 Å². The molecule has 0 radical (unpaired) electrons. The Kier molecular flexibility index (Phi) is 4.97. The van der Waals surface area contributed by atoms with Crippen molar-refractivity contribution >= 4 is 17.5 Å². The molecular formula is C15H18ClF2NO. The number of hydrogen-bond acceptors (Lipinski definition) is 1. The van der Waals surface area contributed by atoms with Gasteiger partial charge in [-0.1, -0.05) is 0 Å². The number of rotatable bonds is 3. The van der Waals surface area contributed by atoms with Gasteiger partial charge in [-0.2, -0.15) is 0 Å². The summed E-state index contributed by atoms with van der Waals surface area (Å²) in [5, 5.41) is 0. The van der Waals surface area contributed by atoms with Gasteiger partial charge in [-0.05, 0) is 44.2 Å². The lowest BCUT2D eigenvalue weighted by atomic mass is 9.98. The second-order valence-electron chi connectivity index (χ2n) is 5.21. The molecule has 5 heteroatoms. The van der Waals surface area contributed by atoms with Crippen molar-refractivity contribution in [2.45, 2.75) is 38.6 Å². The van der Waals surface area contributed by atoms with Gasteiger partial charge in [0.2, 0.25) is 0 Å². The molecule has 0 aromatic heterocycles. The average Bonchev–Trinajstić information content (AvgIpc) is 2.43. The van der Waals surface area contributed by atoms with Gasteiger partial charge < -0.3 is 4.90 Å². The molecule has 1 aromatic rings. The van der Waals surface area contributed by atoms with Crippen LogP contribution < -0.4 is 0 Å². The Bertz CT molecular complexity index is 505. The Hall–Kier alpha value is -1.16. The van der Waals surface area contributed by atoms with Gasteiger partial charge in [-0.15, -0.1) is 11.6 Å². The van der Waals surface area contributed by atoms with E-state index in [0.29, 0.717) is 18.8 Å². The van der Waals surface area contributed by atoms with E-state index in [1.165, 1.54) is 13.0 Å². The summed E-state index contributed by atoms with van der Waals surface area (Å²) in [5.41, 5.74) is 0.228. The van der Waals surface area contributed by atoms with Gasteiger partial charge in [0, 0.05) is 24.5 Å². The van der Waals surface area contributed by atoms with Crippen LogP contribution >= 0.6 is 11.6 Å². The fourth-order valence-corrected chi connectivity index (χ4v) is 2.92. The summed E-state index contributed by atoms with van der Waals surface area (Å²) < 4.78 is 27.1. The van der Waals surface area contributed by atoms with Crippen molar-refractivity contribution in [1.82, 2.24) is 4.90 Å². The number of benzene rings is 1. The van der Waals surface area contributed by atoms with E-state index in [2.05, 4.69) is 0 Å². The van der Waals surface area contributed by atoms with E-state index >= 15 is 0 Å². The second kappa shape index (κ2) is 6.53. The molecule has 1 aliphatic heterocycles. The number of amides is 1. The van der Waals surface area contributed by atoms with Crippen LogP contribution in [0.15, 0.2) is 12.1 Å². The minimum Gasteiger partial charge on any atom is -0.336 e. The Morgan fingerprint density at radius 3 is 2.80 bits per heavy atom. The van der Waals surface area contributed by atoms with Gasteiger partial charge in [-0.25, -0.2) is 8.78 Å². The van der Waals surface area contributed by atoms with E-state index < -0.39 is 11.6 Å². The Balaban J connectivity index is 2.27.